The minimum absolute atomic E-state index is 0.0683. The van der Waals surface area contributed by atoms with Gasteiger partial charge in [-0.15, -0.1) is 0 Å². The lowest BCUT2D eigenvalue weighted by molar-refractivity contribution is -0.0261. The molecule has 2 heterocycles. The number of pyridine rings is 1. The fourth-order valence-corrected chi connectivity index (χ4v) is 1.93. The number of aromatic nitrogens is 1. The predicted molar refractivity (Wildman–Crippen MR) is 64.8 cm³/mol. The molecule has 0 aliphatic carbocycles. The molecular formula is C11H13ClN2O4. The molecule has 98 valence electrons. The monoisotopic (exact) mass is 272 g/mol. The normalized spacial score (nSPS) is 23.7. The molecule has 2 rings (SSSR count). The Morgan fingerprint density at radius 1 is 1.61 bits per heavy atom. The first kappa shape index (κ1) is 13.1. The summed E-state index contributed by atoms with van der Waals surface area (Å²) in [6.45, 7) is 0.644. The van der Waals surface area contributed by atoms with E-state index < -0.39 is 23.6 Å². The Labute approximate surface area is 108 Å². The molecule has 0 saturated carbocycles. The van der Waals surface area contributed by atoms with Gasteiger partial charge in [-0.25, -0.2) is 0 Å². The zero-order chi connectivity index (χ0) is 13.1. The summed E-state index contributed by atoms with van der Waals surface area (Å²) in [4.78, 5) is 25.7. The van der Waals surface area contributed by atoms with Crippen molar-refractivity contribution in [1.82, 2.24) is 10.3 Å². The second-order valence-corrected chi connectivity index (χ2v) is 4.51. The van der Waals surface area contributed by atoms with Crippen LogP contribution >= 0.6 is 11.6 Å². The second-order valence-electron chi connectivity index (χ2n) is 4.07. The topological polar surface area (TPSA) is 91.4 Å². The molecule has 1 aliphatic heterocycles. The van der Waals surface area contributed by atoms with E-state index in [4.69, 9.17) is 16.3 Å². The molecule has 0 aromatic carbocycles. The van der Waals surface area contributed by atoms with E-state index in [2.05, 4.69) is 10.3 Å². The molecule has 3 N–H and O–H groups in total. The van der Waals surface area contributed by atoms with Gasteiger partial charge in [-0.05, 0) is 12.5 Å². The van der Waals surface area contributed by atoms with Crippen molar-refractivity contribution in [3.63, 3.8) is 0 Å². The Hall–Kier alpha value is -1.37. The van der Waals surface area contributed by atoms with Gasteiger partial charge in [0.2, 0.25) is 0 Å². The van der Waals surface area contributed by atoms with Crippen molar-refractivity contribution in [1.29, 1.82) is 0 Å². The van der Waals surface area contributed by atoms with Crippen LogP contribution in [0.25, 0.3) is 0 Å². The number of aromatic amines is 1. The van der Waals surface area contributed by atoms with Crippen molar-refractivity contribution in [2.45, 2.75) is 18.6 Å². The van der Waals surface area contributed by atoms with Gasteiger partial charge in [0.1, 0.15) is 5.56 Å². The first-order valence-corrected chi connectivity index (χ1v) is 5.90. The molecule has 6 nitrogen and oxygen atoms in total. The number of aliphatic hydroxyl groups is 1. The van der Waals surface area contributed by atoms with Crippen molar-refractivity contribution in [3.05, 3.63) is 33.2 Å². The summed E-state index contributed by atoms with van der Waals surface area (Å²) in [5, 5.41) is 12.5. The Morgan fingerprint density at radius 3 is 3.11 bits per heavy atom. The molecule has 1 fully saturated rings. The molecule has 1 amide bonds. The molecule has 18 heavy (non-hydrogen) atoms. The van der Waals surface area contributed by atoms with E-state index in [1.165, 1.54) is 12.3 Å². The first-order valence-electron chi connectivity index (χ1n) is 5.53. The number of ether oxygens (including phenoxy) is 1. The van der Waals surface area contributed by atoms with Crippen LogP contribution in [0.1, 0.15) is 16.8 Å². The van der Waals surface area contributed by atoms with E-state index in [1.807, 2.05) is 0 Å². The summed E-state index contributed by atoms with van der Waals surface area (Å²) in [7, 11) is 0. The fourth-order valence-electron chi connectivity index (χ4n) is 1.76. The molecule has 0 spiro atoms. The Kier molecular flexibility index (Phi) is 4.00. The molecule has 0 bridgehead atoms. The molecule has 1 saturated heterocycles. The van der Waals surface area contributed by atoms with Crippen LogP contribution in [0.5, 0.6) is 0 Å². The minimum Gasteiger partial charge on any atom is -0.389 e. The highest BCUT2D eigenvalue weighted by molar-refractivity contribution is 6.30. The molecule has 1 aromatic rings. The van der Waals surface area contributed by atoms with Gasteiger partial charge < -0.3 is 20.1 Å². The van der Waals surface area contributed by atoms with Crippen LogP contribution < -0.4 is 10.9 Å². The van der Waals surface area contributed by atoms with Crippen molar-refractivity contribution in [3.8, 4) is 0 Å². The third-order valence-electron chi connectivity index (χ3n) is 2.76. The van der Waals surface area contributed by atoms with Gasteiger partial charge in [-0.2, -0.15) is 0 Å². The van der Waals surface area contributed by atoms with Gasteiger partial charge in [-0.3, -0.25) is 9.59 Å². The van der Waals surface area contributed by atoms with E-state index >= 15 is 0 Å². The highest BCUT2D eigenvalue weighted by atomic mass is 35.5. The number of nitrogens with one attached hydrogen (secondary N) is 2. The number of rotatable bonds is 2. The van der Waals surface area contributed by atoms with Gasteiger partial charge in [0.25, 0.3) is 11.5 Å². The van der Waals surface area contributed by atoms with Crippen LogP contribution in [0, 0.1) is 0 Å². The van der Waals surface area contributed by atoms with E-state index in [1.54, 1.807) is 0 Å². The molecule has 1 aromatic heterocycles. The number of H-pyrrole nitrogens is 1. The van der Waals surface area contributed by atoms with Gasteiger partial charge in [0, 0.05) is 12.8 Å². The number of carbonyl (C=O) groups excluding carboxylic acids is 1. The van der Waals surface area contributed by atoms with Crippen LogP contribution in [0.3, 0.4) is 0 Å². The third-order valence-corrected chi connectivity index (χ3v) is 2.97. The van der Waals surface area contributed by atoms with Crippen molar-refractivity contribution in [2.75, 3.05) is 13.2 Å². The van der Waals surface area contributed by atoms with Crippen LogP contribution in [0.15, 0.2) is 17.1 Å². The average Bonchev–Trinajstić information content (AvgIpc) is 2.35. The molecule has 0 unspecified atom stereocenters. The van der Waals surface area contributed by atoms with E-state index in [9.17, 15) is 14.7 Å². The maximum Gasteiger partial charge on any atom is 0.260 e. The van der Waals surface area contributed by atoms with Gasteiger partial charge in [0.15, 0.2) is 0 Å². The average molecular weight is 273 g/mol. The summed E-state index contributed by atoms with van der Waals surface area (Å²) in [6, 6.07) is 0.881. The van der Waals surface area contributed by atoms with Gasteiger partial charge >= 0.3 is 0 Å². The summed E-state index contributed by atoms with van der Waals surface area (Å²) < 4.78 is 5.05. The summed E-state index contributed by atoms with van der Waals surface area (Å²) in [6.07, 6.45) is 1.05. The Bertz CT molecular complexity index is 502. The maximum absolute atomic E-state index is 11.9. The lowest BCUT2D eigenvalue weighted by Gasteiger charge is -2.28. The molecular weight excluding hydrogens is 260 g/mol. The number of hydrogen-bond acceptors (Lipinski definition) is 4. The first-order chi connectivity index (χ1) is 8.58. The van der Waals surface area contributed by atoms with Crippen molar-refractivity contribution >= 4 is 17.5 Å². The largest absolute Gasteiger partial charge is 0.389 e. The SMILES string of the molecule is O=C(N[C@@H]1CCOC[C@H]1O)c1cc(Cl)c[nH]c1=O. The summed E-state index contributed by atoms with van der Waals surface area (Å²) >= 11 is 5.71. The maximum atomic E-state index is 11.9. The number of carbonyl (C=O) groups is 1. The summed E-state index contributed by atoms with van der Waals surface area (Å²) in [5.74, 6) is -0.551. The number of hydrogen-bond donors (Lipinski definition) is 3. The van der Waals surface area contributed by atoms with E-state index in [0.717, 1.165) is 0 Å². The van der Waals surface area contributed by atoms with Crippen molar-refractivity contribution in [2.24, 2.45) is 0 Å². The molecule has 1 aliphatic rings. The zero-order valence-electron chi connectivity index (χ0n) is 9.48. The number of amides is 1. The Balaban J connectivity index is 2.11. The number of halogens is 1. The standard InChI is InChI=1S/C11H13ClN2O4/c12-6-3-7(10(16)13-4-6)11(17)14-8-1-2-18-5-9(8)15/h3-4,8-9,15H,1-2,5H2,(H,13,16)(H,14,17)/t8-,9-/m1/s1. The van der Waals surface area contributed by atoms with E-state index in [-0.39, 0.29) is 17.2 Å². The lowest BCUT2D eigenvalue weighted by Crippen LogP contribution is -2.49. The highest BCUT2D eigenvalue weighted by Gasteiger charge is 2.26. The Morgan fingerprint density at radius 2 is 2.39 bits per heavy atom. The van der Waals surface area contributed by atoms with Gasteiger partial charge in [0.05, 0.1) is 23.8 Å². The van der Waals surface area contributed by atoms with Crippen LogP contribution in [-0.2, 0) is 4.74 Å². The predicted octanol–water partition coefficient (Wildman–Crippen LogP) is -0.0921. The molecule has 0 radical (unpaired) electrons. The number of aliphatic hydroxyl groups excluding tert-OH is 1. The van der Waals surface area contributed by atoms with Crippen LogP contribution in [-0.4, -0.2) is 41.4 Å². The highest BCUT2D eigenvalue weighted by Crippen LogP contribution is 2.09. The fraction of sp³-hybridized carbons (Fsp3) is 0.455. The quantitative estimate of drug-likeness (QED) is 0.702. The minimum atomic E-state index is -0.763. The van der Waals surface area contributed by atoms with E-state index in [0.29, 0.717) is 13.0 Å². The van der Waals surface area contributed by atoms with Crippen molar-refractivity contribution < 1.29 is 14.6 Å². The lowest BCUT2D eigenvalue weighted by atomic mass is 10.1. The second kappa shape index (κ2) is 5.51. The van der Waals surface area contributed by atoms with Gasteiger partial charge in [-0.1, -0.05) is 11.6 Å². The molecule has 7 heteroatoms. The van der Waals surface area contributed by atoms with Crippen LogP contribution in [0.4, 0.5) is 0 Å². The zero-order valence-corrected chi connectivity index (χ0v) is 10.2. The summed E-state index contributed by atoms with van der Waals surface area (Å²) in [5.41, 5.74) is -0.584. The van der Waals surface area contributed by atoms with Crippen LogP contribution in [0.2, 0.25) is 5.02 Å². The third kappa shape index (κ3) is 2.90. The smallest absolute Gasteiger partial charge is 0.260 e. The molecule has 2 atom stereocenters.